The van der Waals surface area contributed by atoms with Crippen LogP contribution in [0.2, 0.25) is 5.15 Å². The fourth-order valence-electron chi connectivity index (χ4n) is 4.92. The zero-order valence-electron chi connectivity index (χ0n) is 24.3. The van der Waals surface area contributed by atoms with Crippen molar-refractivity contribution < 1.29 is 9.47 Å². The van der Waals surface area contributed by atoms with Gasteiger partial charge < -0.3 is 24.6 Å². The van der Waals surface area contributed by atoms with E-state index in [-0.39, 0.29) is 0 Å². The van der Waals surface area contributed by atoms with E-state index < -0.39 is 0 Å². The summed E-state index contributed by atoms with van der Waals surface area (Å²) >= 11 is 5.88. The number of aromatic nitrogens is 6. The highest BCUT2D eigenvalue weighted by Gasteiger charge is 2.14. The van der Waals surface area contributed by atoms with Gasteiger partial charge in [-0.05, 0) is 53.9 Å². The molecule has 7 heterocycles. The van der Waals surface area contributed by atoms with Gasteiger partial charge in [0, 0.05) is 26.2 Å². The third-order valence-electron chi connectivity index (χ3n) is 7.36. The Balaban J connectivity index is 0.000000167. The summed E-state index contributed by atoms with van der Waals surface area (Å²) in [6, 6.07) is 13.6. The summed E-state index contributed by atoms with van der Waals surface area (Å²) in [7, 11) is 0. The molecule has 2 aliphatic heterocycles. The SMILES string of the molecule is CC(C)c1cnnc(Nc2ccc3ncc(N4CCOCC4)cc3n2)c1.Clc1ccc2ncc(N3CCOCC3)cc2n1. The van der Waals surface area contributed by atoms with Crippen molar-refractivity contribution in [3.63, 3.8) is 0 Å². The van der Waals surface area contributed by atoms with Gasteiger partial charge in [0.15, 0.2) is 5.82 Å². The molecular formula is C31H34ClN9O2. The first-order valence-electron chi connectivity index (χ1n) is 14.5. The number of hydrogen-bond acceptors (Lipinski definition) is 11. The van der Waals surface area contributed by atoms with Crippen LogP contribution in [0.1, 0.15) is 25.3 Å². The molecule has 1 N–H and O–H groups in total. The van der Waals surface area contributed by atoms with Crippen LogP contribution < -0.4 is 15.1 Å². The number of rotatable bonds is 5. The first-order chi connectivity index (χ1) is 21.0. The lowest BCUT2D eigenvalue weighted by Crippen LogP contribution is -2.36. The minimum atomic E-state index is 0.399. The van der Waals surface area contributed by atoms with Crippen LogP contribution in [0.3, 0.4) is 0 Å². The molecule has 0 spiro atoms. The Morgan fingerprint density at radius 2 is 1.28 bits per heavy atom. The summed E-state index contributed by atoms with van der Waals surface area (Å²) < 4.78 is 10.7. The molecule has 0 unspecified atom stereocenters. The lowest BCUT2D eigenvalue weighted by atomic mass is 10.1. The van der Waals surface area contributed by atoms with Crippen LogP contribution >= 0.6 is 11.6 Å². The first-order valence-corrected chi connectivity index (χ1v) is 14.8. The molecule has 0 bridgehead atoms. The van der Waals surface area contributed by atoms with Crippen molar-refractivity contribution in [2.75, 3.05) is 67.7 Å². The summed E-state index contributed by atoms with van der Waals surface area (Å²) in [4.78, 5) is 22.4. The van der Waals surface area contributed by atoms with Gasteiger partial charge in [-0.2, -0.15) is 5.10 Å². The number of nitrogens with zero attached hydrogens (tertiary/aromatic N) is 8. The number of anilines is 4. The predicted octanol–water partition coefficient (Wildman–Crippen LogP) is 5.24. The first kappa shape index (κ1) is 28.9. The van der Waals surface area contributed by atoms with Gasteiger partial charge in [-0.1, -0.05) is 25.4 Å². The molecular weight excluding hydrogens is 566 g/mol. The van der Waals surface area contributed by atoms with E-state index in [9.17, 15) is 0 Å². The van der Waals surface area contributed by atoms with Gasteiger partial charge >= 0.3 is 0 Å². The average Bonchev–Trinajstić information content (AvgIpc) is 3.05. The van der Waals surface area contributed by atoms with Gasteiger partial charge in [-0.15, -0.1) is 5.10 Å². The summed E-state index contributed by atoms with van der Waals surface area (Å²) in [6.45, 7) is 10.8. The van der Waals surface area contributed by atoms with E-state index >= 15 is 0 Å². The van der Waals surface area contributed by atoms with Crippen molar-refractivity contribution in [1.82, 2.24) is 30.1 Å². The van der Waals surface area contributed by atoms with Crippen molar-refractivity contribution in [2.24, 2.45) is 0 Å². The third-order valence-corrected chi connectivity index (χ3v) is 7.57. The zero-order valence-corrected chi connectivity index (χ0v) is 25.0. The molecule has 2 fully saturated rings. The standard InChI is InChI=1S/C19H22N6O.C12H12ClN3O/c1-13(2)14-9-19(24-21-11-14)23-18-4-3-16-17(22-18)10-15(12-20-16)25-5-7-26-8-6-25;13-12-2-1-10-11(15-12)7-9(8-14-10)16-3-5-17-6-4-16/h3-4,9-13H,5-8H2,1-2H3,(H,22,23,24);1-2,7-8H,3-6H2. The van der Waals surface area contributed by atoms with Crippen LogP contribution in [-0.2, 0) is 9.47 Å². The second kappa shape index (κ2) is 13.4. The molecule has 222 valence electrons. The molecule has 0 aromatic carbocycles. The highest BCUT2D eigenvalue weighted by atomic mass is 35.5. The number of halogens is 1. The van der Waals surface area contributed by atoms with E-state index in [0.29, 0.717) is 16.9 Å². The number of fused-ring (bicyclic) bond motifs is 2. The minimum absolute atomic E-state index is 0.399. The van der Waals surface area contributed by atoms with E-state index in [1.807, 2.05) is 42.7 Å². The van der Waals surface area contributed by atoms with Crippen molar-refractivity contribution in [2.45, 2.75) is 19.8 Å². The Bertz CT molecular complexity index is 1690. The van der Waals surface area contributed by atoms with Crippen LogP contribution in [0.25, 0.3) is 22.1 Å². The number of hydrogen-bond donors (Lipinski definition) is 1. The number of ether oxygens (including phenoxy) is 2. The molecule has 0 saturated carbocycles. The zero-order chi connectivity index (χ0) is 29.6. The monoisotopic (exact) mass is 599 g/mol. The van der Waals surface area contributed by atoms with Crippen molar-refractivity contribution in [1.29, 1.82) is 0 Å². The summed E-state index contributed by atoms with van der Waals surface area (Å²) in [5.74, 6) is 1.82. The van der Waals surface area contributed by atoms with Crippen molar-refractivity contribution in [3.05, 3.63) is 71.8 Å². The highest BCUT2D eigenvalue weighted by molar-refractivity contribution is 6.29. The quantitative estimate of drug-likeness (QED) is 0.267. The van der Waals surface area contributed by atoms with Gasteiger partial charge in [0.25, 0.3) is 0 Å². The van der Waals surface area contributed by atoms with Gasteiger partial charge in [0.05, 0.1) is 78.5 Å². The van der Waals surface area contributed by atoms with Gasteiger partial charge in [0.1, 0.15) is 11.0 Å². The maximum Gasteiger partial charge on any atom is 0.154 e. The summed E-state index contributed by atoms with van der Waals surface area (Å²) in [6.07, 6.45) is 5.57. The Morgan fingerprint density at radius 3 is 1.88 bits per heavy atom. The molecule has 0 aliphatic carbocycles. The van der Waals surface area contributed by atoms with Crippen molar-refractivity contribution in [3.8, 4) is 0 Å². The minimum Gasteiger partial charge on any atom is -0.378 e. The number of morpholine rings is 2. The Labute approximate surface area is 255 Å². The van der Waals surface area contributed by atoms with E-state index in [1.165, 1.54) is 0 Å². The van der Waals surface area contributed by atoms with E-state index in [4.69, 9.17) is 26.1 Å². The summed E-state index contributed by atoms with van der Waals surface area (Å²) in [5.41, 5.74) is 6.72. The van der Waals surface area contributed by atoms with Gasteiger partial charge in [-0.25, -0.2) is 9.97 Å². The molecule has 12 heteroatoms. The molecule has 7 rings (SSSR count). The molecule has 43 heavy (non-hydrogen) atoms. The second-order valence-corrected chi connectivity index (χ2v) is 11.0. The van der Waals surface area contributed by atoms with Crippen LogP contribution in [0.15, 0.2) is 61.1 Å². The normalized spacial score (nSPS) is 15.4. The fourth-order valence-corrected chi connectivity index (χ4v) is 5.07. The molecule has 2 aliphatic rings. The topological polar surface area (TPSA) is 114 Å². The fraction of sp³-hybridized carbons (Fsp3) is 0.355. The maximum absolute atomic E-state index is 5.88. The summed E-state index contributed by atoms with van der Waals surface area (Å²) in [5, 5.41) is 12.0. The van der Waals surface area contributed by atoms with Crippen LogP contribution in [0, 0.1) is 0 Å². The molecule has 0 atom stereocenters. The van der Waals surface area contributed by atoms with Gasteiger partial charge in [0.2, 0.25) is 0 Å². The second-order valence-electron chi connectivity index (χ2n) is 10.6. The molecule has 5 aromatic heterocycles. The van der Waals surface area contributed by atoms with E-state index in [0.717, 1.165) is 97.4 Å². The number of pyridine rings is 4. The number of nitrogens with one attached hydrogen (secondary N) is 1. The van der Waals surface area contributed by atoms with Crippen molar-refractivity contribution >= 4 is 56.7 Å². The lowest BCUT2D eigenvalue weighted by molar-refractivity contribution is 0.122. The Hall–Kier alpha value is -4.19. The van der Waals surface area contributed by atoms with Crippen LogP contribution in [-0.4, -0.2) is 82.7 Å². The third kappa shape index (κ3) is 7.24. The molecule has 11 nitrogen and oxygen atoms in total. The predicted molar refractivity (Wildman–Crippen MR) is 170 cm³/mol. The Kier molecular flexibility index (Phi) is 9.01. The largest absolute Gasteiger partial charge is 0.378 e. The van der Waals surface area contributed by atoms with E-state index in [1.54, 1.807) is 12.3 Å². The molecule has 0 radical (unpaired) electrons. The molecule has 0 amide bonds. The van der Waals surface area contributed by atoms with E-state index in [2.05, 4.69) is 60.2 Å². The van der Waals surface area contributed by atoms with Crippen LogP contribution in [0.4, 0.5) is 23.0 Å². The van der Waals surface area contributed by atoms with Gasteiger partial charge in [-0.3, -0.25) is 9.97 Å². The average molecular weight is 600 g/mol. The molecule has 5 aromatic rings. The maximum atomic E-state index is 5.88. The van der Waals surface area contributed by atoms with Crippen LogP contribution in [0.5, 0.6) is 0 Å². The smallest absolute Gasteiger partial charge is 0.154 e. The Morgan fingerprint density at radius 1 is 0.698 bits per heavy atom. The lowest BCUT2D eigenvalue weighted by Gasteiger charge is -2.28. The highest BCUT2D eigenvalue weighted by Crippen LogP contribution is 2.24. The molecule has 2 saturated heterocycles.